The number of nitrogens with zero attached hydrogens (tertiary/aromatic N) is 1. The van der Waals surface area contributed by atoms with Gasteiger partial charge in [-0.3, -0.25) is 4.79 Å². The number of halogens is 4. The van der Waals surface area contributed by atoms with Crippen molar-refractivity contribution in [3.8, 4) is 5.88 Å². The molecule has 1 fully saturated rings. The lowest BCUT2D eigenvalue weighted by molar-refractivity contribution is -0.137. The van der Waals surface area contributed by atoms with Gasteiger partial charge in [0.25, 0.3) is 5.91 Å². The summed E-state index contributed by atoms with van der Waals surface area (Å²) in [7, 11) is 0. The summed E-state index contributed by atoms with van der Waals surface area (Å²) < 4.78 is 60.8. The molecule has 1 aromatic heterocycles. The molecule has 3 atom stereocenters. The molecule has 2 aromatic carbocycles. The number of rotatable bonds is 9. The Hall–Kier alpha value is -3.50. The standard InChI is InChI=1S/C34H39F4N3O3/c1-32(2,3)17-22-14-25-28(18-33(12-7-13-33)44-31(25)40-19-22)39-20-29(42)27(15-21-8-5-4-6-9-21)41-30(43)24-16-23(34(36,37)38)10-11-26(24)35/h4-6,8-11,14,16,19,27-29,39,42H,7,12-13,15,17-18,20H2,1-3H3,(H,41,43)/t27-,28-,29+/m0/s1. The zero-order chi connectivity index (χ0) is 31.7. The topological polar surface area (TPSA) is 83.5 Å². The molecule has 0 unspecified atom stereocenters. The number of ether oxygens (including phenoxy) is 1. The van der Waals surface area contributed by atoms with E-state index in [1.165, 1.54) is 0 Å². The first kappa shape index (κ1) is 31.9. The minimum absolute atomic E-state index is 0.0573. The Kier molecular flexibility index (Phi) is 9.05. The average molecular weight is 614 g/mol. The number of aromatic nitrogens is 1. The van der Waals surface area contributed by atoms with E-state index in [-0.39, 0.29) is 30.0 Å². The van der Waals surface area contributed by atoms with E-state index < -0.39 is 41.2 Å². The van der Waals surface area contributed by atoms with Gasteiger partial charge in [0.05, 0.1) is 23.3 Å². The quantitative estimate of drug-likeness (QED) is 0.238. The Labute approximate surface area is 255 Å². The van der Waals surface area contributed by atoms with Crippen LogP contribution in [-0.4, -0.2) is 40.3 Å². The molecular weight excluding hydrogens is 574 g/mol. The number of pyridine rings is 1. The highest BCUT2D eigenvalue weighted by Crippen LogP contribution is 2.48. The van der Waals surface area contributed by atoms with E-state index in [1.54, 1.807) is 0 Å². The summed E-state index contributed by atoms with van der Waals surface area (Å²) in [5.41, 5.74) is 0.658. The molecule has 5 rings (SSSR count). The monoisotopic (exact) mass is 613 g/mol. The molecule has 3 aromatic rings. The summed E-state index contributed by atoms with van der Waals surface area (Å²) in [6.45, 7) is 6.53. The maximum atomic E-state index is 14.5. The van der Waals surface area contributed by atoms with Crippen molar-refractivity contribution in [2.24, 2.45) is 5.41 Å². The summed E-state index contributed by atoms with van der Waals surface area (Å²) in [6.07, 6.45) is 0.542. The van der Waals surface area contributed by atoms with Gasteiger partial charge < -0.3 is 20.5 Å². The minimum Gasteiger partial charge on any atom is -0.471 e. The SMILES string of the molecule is CC(C)(C)Cc1cnc2c(c1)[C@@H](NC[C@@H](O)[C@H](Cc1ccccc1)NC(=O)c1cc(C(F)(F)F)ccc1F)CC1(CCC1)O2. The van der Waals surface area contributed by atoms with Crippen molar-refractivity contribution in [1.29, 1.82) is 0 Å². The predicted molar refractivity (Wildman–Crippen MR) is 159 cm³/mol. The molecule has 1 spiro atoms. The van der Waals surface area contributed by atoms with Gasteiger partial charge in [-0.1, -0.05) is 51.1 Å². The number of alkyl halides is 3. The number of aliphatic hydroxyl groups excluding tert-OH is 1. The molecule has 2 aliphatic rings. The summed E-state index contributed by atoms with van der Waals surface area (Å²) >= 11 is 0. The summed E-state index contributed by atoms with van der Waals surface area (Å²) in [5, 5.41) is 17.5. The highest BCUT2D eigenvalue weighted by atomic mass is 19.4. The zero-order valence-electron chi connectivity index (χ0n) is 25.2. The largest absolute Gasteiger partial charge is 0.471 e. The molecule has 0 bridgehead atoms. The summed E-state index contributed by atoms with van der Waals surface area (Å²) in [4.78, 5) is 17.8. The second kappa shape index (κ2) is 12.5. The number of hydrogen-bond donors (Lipinski definition) is 3. The first-order chi connectivity index (χ1) is 20.7. The van der Waals surface area contributed by atoms with Crippen LogP contribution in [0.3, 0.4) is 0 Å². The lowest BCUT2D eigenvalue weighted by Crippen LogP contribution is -2.52. The summed E-state index contributed by atoms with van der Waals surface area (Å²) in [6, 6.07) is 11.8. The van der Waals surface area contributed by atoms with Gasteiger partial charge in [-0.25, -0.2) is 9.37 Å². The second-order valence-electron chi connectivity index (χ2n) is 13.3. The Balaban J connectivity index is 1.36. The van der Waals surface area contributed by atoms with Crippen LogP contribution < -0.4 is 15.4 Å². The van der Waals surface area contributed by atoms with Gasteiger partial charge in [0.1, 0.15) is 11.4 Å². The number of hydrogen-bond acceptors (Lipinski definition) is 5. The normalized spacial score (nSPS) is 19.0. The molecule has 1 amide bonds. The number of fused-ring (bicyclic) bond motifs is 1. The number of amides is 1. The van der Waals surface area contributed by atoms with Crippen LogP contribution in [0.15, 0.2) is 60.8 Å². The van der Waals surface area contributed by atoms with E-state index in [0.717, 1.165) is 42.4 Å². The van der Waals surface area contributed by atoms with Gasteiger partial charge in [0, 0.05) is 30.8 Å². The maximum Gasteiger partial charge on any atom is 0.416 e. The number of carbonyl (C=O) groups is 1. The molecule has 44 heavy (non-hydrogen) atoms. The number of carbonyl (C=O) groups excluding carboxylic acids is 1. The molecule has 10 heteroatoms. The van der Waals surface area contributed by atoms with Crippen molar-refractivity contribution in [2.45, 2.75) is 89.3 Å². The fourth-order valence-electron chi connectivity index (χ4n) is 6.03. The second-order valence-corrected chi connectivity index (χ2v) is 13.3. The van der Waals surface area contributed by atoms with Gasteiger partial charge in [-0.05, 0) is 72.9 Å². The summed E-state index contributed by atoms with van der Waals surface area (Å²) in [5.74, 6) is -1.53. The van der Waals surface area contributed by atoms with Crippen LogP contribution in [0, 0.1) is 11.2 Å². The van der Waals surface area contributed by atoms with E-state index in [1.807, 2.05) is 36.5 Å². The lowest BCUT2D eigenvalue weighted by Gasteiger charge is -2.47. The molecule has 3 N–H and O–H groups in total. The van der Waals surface area contributed by atoms with E-state index in [4.69, 9.17) is 4.74 Å². The molecule has 1 saturated carbocycles. The molecule has 0 radical (unpaired) electrons. The zero-order valence-corrected chi connectivity index (χ0v) is 25.2. The first-order valence-corrected chi connectivity index (χ1v) is 15.0. The van der Waals surface area contributed by atoms with E-state index >= 15 is 0 Å². The average Bonchev–Trinajstić information content (AvgIpc) is 2.93. The molecule has 1 aliphatic heterocycles. The van der Waals surface area contributed by atoms with Crippen molar-refractivity contribution >= 4 is 5.91 Å². The Morgan fingerprint density at radius 1 is 1.09 bits per heavy atom. The number of nitrogens with one attached hydrogen (secondary N) is 2. The van der Waals surface area contributed by atoms with Gasteiger partial charge in [-0.15, -0.1) is 0 Å². The fourth-order valence-corrected chi connectivity index (χ4v) is 6.03. The van der Waals surface area contributed by atoms with E-state index in [9.17, 15) is 27.5 Å². The maximum absolute atomic E-state index is 14.5. The molecule has 236 valence electrons. The Morgan fingerprint density at radius 3 is 2.45 bits per heavy atom. The van der Waals surface area contributed by atoms with Crippen LogP contribution in [0.2, 0.25) is 0 Å². The van der Waals surface area contributed by atoms with Gasteiger partial charge in [0.15, 0.2) is 0 Å². The van der Waals surface area contributed by atoms with Gasteiger partial charge in [-0.2, -0.15) is 13.2 Å². The molecule has 2 heterocycles. The third kappa shape index (κ3) is 7.58. The van der Waals surface area contributed by atoms with Gasteiger partial charge in [0.2, 0.25) is 5.88 Å². The smallest absolute Gasteiger partial charge is 0.416 e. The van der Waals surface area contributed by atoms with Crippen molar-refractivity contribution in [3.63, 3.8) is 0 Å². The predicted octanol–water partition coefficient (Wildman–Crippen LogP) is 6.57. The molecule has 0 saturated heterocycles. The van der Waals surface area contributed by atoms with E-state index in [0.29, 0.717) is 30.5 Å². The van der Waals surface area contributed by atoms with Crippen LogP contribution in [-0.2, 0) is 19.0 Å². The van der Waals surface area contributed by atoms with Crippen LogP contribution in [0.25, 0.3) is 0 Å². The van der Waals surface area contributed by atoms with Crippen molar-refractivity contribution in [1.82, 2.24) is 15.6 Å². The van der Waals surface area contributed by atoms with Gasteiger partial charge >= 0.3 is 6.18 Å². The van der Waals surface area contributed by atoms with Crippen molar-refractivity contribution in [3.05, 3.63) is 94.4 Å². The van der Waals surface area contributed by atoms with Crippen LogP contribution >= 0.6 is 0 Å². The van der Waals surface area contributed by atoms with Crippen molar-refractivity contribution in [2.75, 3.05) is 6.54 Å². The molecule has 6 nitrogen and oxygen atoms in total. The minimum atomic E-state index is -4.74. The molecule has 1 aliphatic carbocycles. The third-order valence-corrected chi connectivity index (χ3v) is 8.39. The lowest BCUT2D eigenvalue weighted by atomic mass is 9.73. The Bertz CT molecular complexity index is 1470. The van der Waals surface area contributed by atoms with Crippen molar-refractivity contribution < 1.29 is 32.2 Å². The number of aliphatic hydroxyl groups is 1. The first-order valence-electron chi connectivity index (χ1n) is 15.0. The highest BCUT2D eigenvalue weighted by molar-refractivity contribution is 5.95. The Morgan fingerprint density at radius 2 is 1.82 bits per heavy atom. The fraction of sp³-hybridized carbons (Fsp3) is 0.471. The highest BCUT2D eigenvalue weighted by Gasteiger charge is 2.46. The third-order valence-electron chi connectivity index (χ3n) is 8.39. The van der Waals surface area contributed by atoms with Crippen LogP contribution in [0.4, 0.5) is 17.6 Å². The molecular formula is C34H39F4N3O3. The van der Waals surface area contributed by atoms with Crippen LogP contribution in [0.5, 0.6) is 5.88 Å². The van der Waals surface area contributed by atoms with E-state index in [2.05, 4.69) is 42.5 Å². The number of benzene rings is 2. The van der Waals surface area contributed by atoms with Crippen LogP contribution in [0.1, 0.15) is 85.1 Å².